The molecule has 3 rings (SSSR count). The molecule has 0 aliphatic rings. The zero-order valence-electron chi connectivity index (χ0n) is 23.3. The van der Waals surface area contributed by atoms with Crippen molar-refractivity contribution in [1.82, 2.24) is 4.57 Å². The number of carboxylic acid groups (broad SMARTS) is 1. The number of sulfonamides is 1. The number of rotatable bonds is 9. The van der Waals surface area contributed by atoms with Crippen molar-refractivity contribution in [3.63, 3.8) is 0 Å². The number of aryl methyl sites for hydroxylation is 1. The van der Waals surface area contributed by atoms with E-state index in [1.165, 1.54) is 25.1 Å². The minimum absolute atomic E-state index is 0.00821. The molecule has 2 aromatic carbocycles. The molecule has 2 unspecified atom stereocenters. The topological polar surface area (TPSA) is 225 Å². The maximum atomic E-state index is 13.4. The molecule has 8 N–H and O–H groups in total. The highest BCUT2D eigenvalue weighted by atomic mass is 32.2. The van der Waals surface area contributed by atoms with Crippen LogP contribution >= 0.6 is 0 Å². The number of guanidine groups is 1. The zero-order chi connectivity index (χ0) is 32.9. The van der Waals surface area contributed by atoms with E-state index >= 15 is 0 Å². The molecule has 0 spiro atoms. The Bertz CT molecular complexity index is 1700. The summed E-state index contributed by atoms with van der Waals surface area (Å²) in [4.78, 5) is 41.5. The molecule has 18 heteroatoms. The summed E-state index contributed by atoms with van der Waals surface area (Å²) in [5.41, 5.74) is 16.2. The monoisotopic (exact) mass is 629 g/mol. The maximum absolute atomic E-state index is 13.4. The second-order valence-corrected chi connectivity index (χ2v) is 10.8. The Morgan fingerprint density at radius 2 is 1.60 bits per heavy atom. The molecule has 43 heavy (non-hydrogen) atoms. The Kier molecular flexibility index (Phi) is 10.6. The number of alkyl halides is 3. The van der Waals surface area contributed by atoms with Gasteiger partial charge >= 0.3 is 12.1 Å². The fourth-order valence-corrected chi connectivity index (χ4v) is 5.21. The third-order valence-electron chi connectivity index (χ3n) is 5.78. The molecule has 0 saturated carbocycles. The smallest absolute Gasteiger partial charge is 0.475 e. The standard InChI is InChI=1S/C23H29N7O5S.C2HF3O2/c1-13-11-12-17(22(32)30(13)20(21(24)31)14(2)35-27-23(25)26)28-36(33,34)19-10-6-7-15-16(19)8-5-9-18(15)29(3)4;3-2(4,5)1(6)7/h5-12,14,20,28H,1-4H3,(H2,24,31)(H4,25,26,27);(H,6,7). The van der Waals surface area contributed by atoms with E-state index in [0.29, 0.717) is 11.1 Å². The van der Waals surface area contributed by atoms with Gasteiger partial charge in [0.05, 0.1) is 4.90 Å². The van der Waals surface area contributed by atoms with Gasteiger partial charge < -0.3 is 32.0 Å². The van der Waals surface area contributed by atoms with Crippen molar-refractivity contribution in [1.29, 1.82) is 0 Å². The van der Waals surface area contributed by atoms with Crippen LogP contribution in [0.25, 0.3) is 10.8 Å². The normalized spacial score (nSPS) is 12.7. The van der Waals surface area contributed by atoms with Gasteiger partial charge in [-0.1, -0.05) is 24.3 Å². The number of halogens is 3. The number of nitrogens with one attached hydrogen (secondary N) is 1. The number of carbonyl (C=O) groups excluding carboxylic acids is 1. The fourth-order valence-electron chi connectivity index (χ4n) is 3.93. The Morgan fingerprint density at radius 1 is 1.05 bits per heavy atom. The molecule has 0 aliphatic heterocycles. The molecule has 0 radical (unpaired) electrons. The van der Waals surface area contributed by atoms with Gasteiger partial charge in [0.1, 0.15) is 5.69 Å². The lowest BCUT2D eigenvalue weighted by atomic mass is 10.1. The first-order valence-electron chi connectivity index (χ1n) is 12.1. The first-order chi connectivity index (χ1) is 19.8. The average molecular weight is 630 g/mol. The molecule has 0 bridgehead atoms. The number of aromatic nitrogens is 1. The number of aliphatic carboxylic acids is 1. The van der Waals surface area contributed by atoms with Gasteiger partial charge in [-0.3, -0.25) is 18.9 Å². The van der Waals surface area contributed by atoms with Crippen LogP contribution in [-0.4, -0.2) is 62.3 Å². The fraction of sp³-hybridized carbons (Fsp3) is 0.280. The van der Waals surface area contributed by atoms with Crippen LogP contribution in [0.5, 0.6) is 0 Å². The van der Waals surface area contributed by atoms with Crippen molar-refractivity contribution in [3.8, 4) is 0 Å². The number of carboxylic acids is 1. The summed E-state index contributed by atoms with van der Waals surface area (Å²) in [5, 5.41) is 11.8. The van der Waals surface area contributed by atoms with Crippen LogP contribution in [0.2, 0.25) is 0 Å². The van der Waals surface area contributed by atoms with Crippen LogP contribution in [0, 0.1) is 6.92 Å². The van der Waals surface area contributed by atoms with E-state index in [9.17, 15) is 31.2 Å². The van der Waals surface area contributed by atoms with Crippen molar-refractivity contribution in [2.24, 2.45) is 22.4 Å². The van der Waals surface area contributed by atoms with E-state index in [0.717, 1.165) is 15.6 Å². The molecule has 1 amide bonds. The van der Waals surface area contributed by atoms with Crippen molar-refractivity contribution in [2.75, 3.05) is 23.7 Å². The number of anilines is 2. The van der Waals surface area contributed by atoms with Gasteiger partial charge in [-0.25, -0.2) is 13.2 Å². The van der Waals surface area contributed by atoms with Crippen LogP contribution < -0.4 is 32.4 Å². The van der Waals surface area contributed by atoms with E-state index < -0.39 is 45.8 Å². The van der Waals surface area contributed by atoms with E-state index in [2.05, 4.69) is 9.88 Å². The van der Waals surface area contributed by atoms with Gasteiger partial charge in [0, 0.05) is 36.2 Å². The molecular weight excluding hydrogens is 599 g/mol. The molecule has 3 aromatic rings. The number of hydrogen-bond acceptors (Lipinski definition) is 8. The second-order valence-electron chi connectivity index (χ2n) is 9.17. The number of benzene rings is 2. The minimum Gasteiger partial charge on any atom is -0.475 e. The summed E-state index contributed by atoms with van der Waals surface area (Å²) >= 11 is 0. The van der Waals surface area contributed by atoms with Crippen LogP contribution in [-0.2, 0) is 24.4 Å². The Morgan fingerprint density at radius 3 is 2.12 bits per heavy atom. The maximum Gasteiger partial charge on any atom is 0.490 e. The SMILES string of the molecule is Cc1ccc(NS(=O)(=O)c2cccc3c(N(C)C)cccc23)c(=O)n1C(C(N)=O)C(C)ON=C(N)N.O=C(O)C(F)(F)F. The number of pyridine rings is 1. The largest absolute Gasteiger partial charge is 0.490 e. The minimum atomic E-state index is -5.08. The lowest BCUT2D eigenvalue weighted by Crippen LogP contribution is -2.42. The number of nitrogens with zero attached hydrogens (tertiary/aromatic N) is 3. The number of nitrogens with two attached hydrogens (primary N) is 3. The number of hydrogen-bond donors (Lipinski definition) is 5. The molecule has 0 fully saturated rings. The first-order valence-corrected chi connectivity index (χ1v) is 13.6. The van der Waals surface area contributed by atoms with Gasteiger partial charge in [0.15, 0.2) is 12.1 Å². The molecule has 1 heterocycles. The van der Waals surface area contributed by atoms with E-state index in [4.69, 9.17) is 31.9 Å². The van der Waals surface area contributed by atoms with Gasteiger partial charge in [0.25, 0.3) is 15.6 Å². The third kappa shape index (κ3) is 8.28. The summed E-state index contributed by atoms with van der Waals surface area (Å²) in [6.07, 6.45) is -6.13. The Balaban J connectivity index is 0.000000821. The number of amides is 1. The lowest BCUT2D eigenvalue weighted by molar-refractivity contribution is -0.192. The van der Waals surface area contributed by atoms with Crippen molar-refractivity contribution < 1.29 is 41.1 Å². The summed E-state index contributed by atoms with van der Waals surface area (Å²) in [5.74, 6) is -4.04. The van der Waals surface area contributed by atoms with Crippen molar-refractivity contribution in [3.05, 3.63) is 64.6 Å². The van der Waals surface area contributed by atoms with Crippen LogP contribution in [0.4, 0.5) is 24.5 Å². The molecule has 0 saturated heterocycles. The van der Waals surface area contributed by atoms with E-state index in [1.807, 2.05) is 31.1 Å². The van der Waals surface area contributed by atoms with Gasteiger partial charge in [-0.05, 0) is 43.3 Å². The number of oxime groups is 1. The Hall–Kier alpha value is -5.00. The van der Waals surface area contributed by atoms with Gasteiger partial charge in [-0.2, -0.15) is 13.2 Å². The highest BCUT2D eigenvalue weighted by molar-refractivity contribution is 7.93. The number of fused-ring (bicyclic) bond motifs is 1. The predicted molar refractivity (Wildman–Crippen MR) is 153 cm³/mol. The highest BCUT2D eigenvalue weighted by Gasteiger charge is 2.38. The predicted octanol–water partition coefficient (Wildman–Crippen LogP) is 1.43. The quantitative estimate of drug-likeness (QED) is 0.130. The molecular formula is C25H30F3N7O7S. The summed E-state index contributed by atoms with van der Waals surface area (Å²) in [7, 11) is -0.492. The third-order valence-corrected chi connectivity index (χ3v) is 7.20. The summed E-state index contributed by atoms with van der Waals surface area (Å²) < 4.78 is 62.0. The van der Waals surface area contributed by atoms with Crippen molar-refractivity contribution in [2.45, 2.75) is 37.1 Å². The molecule has 234 valence electrons. The molecule has 14 nitrogen and oxygen atoms in total. The second kappa shape index (κ2) is 13.3. The first kappa shape index (κ1) is 34.2. The molecule has 1 aromatic heterocycles. The Labute approximate surface area is 243 Å². The molecule has 0 aliphatic carbocycles. The van der Waals surface area contributed by atoms with Crippen molar-refractivity contribution >= 4 is 50.0 Å². The van der Waals surface area contributed by atoms with Crippen LogP contribution in [0.15, 0.2) is 63.4 Å². The van der Waals surface area contributed by atoms with E-state index in [1.54, 1.807) is 25.1 Å². The lowest BCUT2D eigenvalue weighted by Gasteiger charge is -2.24. The zero-order valence-corrected chi connectivity index (χ0v) is 24.1. The average Bonchev–Trinajstić information content (AvgIpc) is 2.90. The highest BCUT2D eigenvalue weighted by Crippen LogP contribution is 2.31. The molecule has 2 atom stereocenters. The number of carbonyl (C=O) groups is 2. The van der Waals surface area contributed by atoms with Gasteiger partial charge in [-0.15, -0.1) is 0 Å². The van der Waals surface area contributed by atoms with Gasteiger partial charge in [0.2, 0.25) is 11.9 Å². The number of primary amides is 1. The van der Waals surface area contributed by atoms with E-state index in [-0.39, 0.29) is 16.5 Å². The van der Waals surface area contributed by atoms with Crippen LogP contribution in [0.3, 0.4) is 0 Å². The summed E-state index contributed by atoms with van der Waals surface area (Å²) in [6.45, 7) is 3.01. The summed E-state index contributed by atoms with van der Waals surface area (Å²) in [6, 6.07) is 11.7. The van der Waals surface area contributed by atoms with Crippen LogP contribution in [0.1, 0.15) is 18.7 Å².